The van der Waals surface area contributed by atoms with Gasteiger partial charge in [0.25, 0.3) is 0 Å². The van der Waals surface area contributed by atoms with Crippen LogP contribution in [0.1, 0.15) is 42.9 Å². The van der Waals surface area contributed by atoms with Gasteiger partial charge in [-0.05, 0) is 55.0 Å². The number of hydrogen-bond donors (Lipinski definition) is 2. The Kier molecular flexibility index (Phi) is 4.65. The highest BCUT2D eigenvalue weighted by molar-refractivity contribution is 5.53. The minimum Gasteiger partial charge on any atom is -0.385 e. The van der Waals surface area contributed by atoms with Gasteiger partial charge in [0, 0.05) is 44.1 Å². The molecule has 1 atom stereocenters. The summed E-state index contributed by atoms with van der Waals surface area (Å²) in [7, 11) is 0. The maximum atomic E-state index is 4.56. The Hall–Kier alpha value is -2.07. The molecule has 0 unspecified atom stereocenters. The van der Waals surface area contributed by atoms with Crippen molar-refractivity contribution in [1.82, 2.24) is 10.3 Å². The summed E-state index contributed by atoms with van der Waals surface area (Å²) >= 11 is 0. The van der Waals surface area contributed by atoms with Crippen LogP contribution in [-0.2, 0) is 6.54 Å². The molecule has 0 spiro atoms. The zero-order valence-electron chi connectivity index (χ0n) is 14.2. The van der Waals surface area contributed by atoms with Crippen LogP contribution in [0.5, 0.6) is 0 Å². The predicted molar refractivity (Wildman–Crippen MR) is 99.4 cm³/mol. The van der Waals surface area contributed by atoms with Crippen molar-refractivity contribution in [2.24, 2.45) is 0 Å². The highest BCUT2D eigenvalue weighted by atomic mass is 15.2. The van der Waals surface area contributed by atoms with Gasteiger partial charge >= 0.3 is 0 Å². The zero-order valence-corrected chi connectivity index (χ0v) is 14.2. The molecule has 2 aromatic rings. The number of hydrogen-bond acceptors (Lipinski definition) is 4. The average Bonchev–Trinajstić information content (AvgIpc) is 3.09. The standard InChI is InChI=1S/C20H26N4/c1-2-7-18-17(6-1)19(8-5-10-21-18)23-15-16-9-11-22-20(14-16)24-12-3-4-13-24/h1-2,6-7,9,11,14,19,21,23H,3-5,8,10,12-13,15H2/t19-/m1/s1. The van der Waals surface area contributed by atoms with Crippen molar-refractivity contribution in [3.63, 3.8) is 0 Å². The summed E-state index contributed by atoms with van der Waals surface area (Å²) < 4.78 is 0. The zero-order chi connectivity index (χ0) is 16.2. The summed E-state index contributed by atoms with van der Waals surface area (Å²) in [5, 5.41) is 7.31. The monoisotopic (exact) mass is 322 g/mol. The first-order valence-electron chi connectivity index (χ1n) is 9.16. The van der Waals surface area contributed by atoms with E-state index in [1.807, 2.05) is 6.20 Å². The molecule has 1 fully saturated rings. The summed E-state index contributed by atoms with van der Waals surface area (Å²) in [5.41, 5.74) is 3.99. The molecule has 0 bridgehead atoms. The van der Waals surface area contributed by atoms with Crippen LogP contribution in [0.2, 0.25) is 0 Å². The topological polar surface area (TPSA) is 40.2 Å². The second-order valence-corrected chi connectivity index (χ2v) is 6.81. The van der Waals surface area contributed by atoms with Crippen molar-refractivity contribution in [3.8, 4) is 0 Å². The highest BCUT2D eigenvalue weighted by Crippen LogP contribution is 2.29. The SMILES string of the molecule is c1ccc2c(c1)NCCC[C@H]2NCc1ccnc(N2CCCC2)c1. The van der Waals surface area contributed by atoms with Crippen molar-refractivity contribution < 1.29 is 0 Å². The highest BCUT2D eigenvalue weighted by Gasteiger charge is 2.18. The second kappa shape index (κ2) is 7.22. The van der Waals surface area contributed by atoms with Crippen molar-refractivity contribution in [2.75, 3.05) is 29.9 Å². The van der Waals surface area contributed by atoms with Crippen LogP contribution in [0.4, 0.5) is 11.5 Å². The number of para-hydroxylation sites is 1. The number of benzene rings is 1. The van der Waals surface area contributed by atoms with Crippen molar-refractivity contribution in [2.45, 2.75) is 38.3 Å². The van der Waals surface area contributed by atoms with E-state index >= 15 is 0 Å². The number of nitrogens with one attached hydrogen (secondary N) is 2. The summed E-state index contributed by atoms with van der Waals surface area (Å²) in [5.74, 6) is 1.13. The van der Waals surface area contributed by atoms with Crippen molar-refractivity contribution in [3.05, 3.63) is 53.7 Å². The summed E-state index contributed by atoms with van der Waals surface area (Å²) in [6, 6.07) is 13.5. The van der Waals surface area contributed by atoms with E-state index in [2.05, 4.69) is 56.9 Å². The number of pyridine rings is 1. The lowest BCUT2D eigenvalue weighted by Crippen LogP contribution is -2.22. The third kappa shape index (κ3) is 3.39. The third-order valence-electron chi connectivity index (χ3n) is 5.11. The van der Waals surface area contributed by atoms with Gasteiger partial charge in [0.05, 0.1) is 0 Å². The molecule has 4 nitrogen and oxygen atoms in total. The summed E-state index contributed by atoms with van der Waals surface area (Å²) in [6.07, 6.45) is 6.90. The number of rotatable bonds is 4. The van der Waals surface area contributed by atoms with E-state index in [1.54, 1.807) is 0 Å². The lowest BCUT2D eigenvalue weighted by atomic mass is 10.0. The van der Waals surface area contributed by atoms with E-state index in [9.17, 15) is 0 Å². The molecule has 0 radical (unpaired) electrons. The van der Waals surface area contributed by atoms with Crippen LogP contribution in [0.3, 0.4) is 0 Å². The molecule has 126 valence electrons. The Bertz CT molecular complexity index is 679. The minimum atomic E-state index is 0.416. The van der Waals surface area contributed by atoms with Gasteiger partial charge in [-0.1, -0.05) is 18.2 Å². The fraction of sp³-hybridized carbons (Fsp3) is 0.450. The van der Waals surface area contributed by atoms with Crippen molar-refractivity contribution >= 4 is 11.5 Å². The van der Waals surface area contributed by atoms with Crippen LogP contribution < -0.4 is 15.5 Å². The predicted octanol–water partition coefficient (Wildman–Crippen LogP) is 3.72. The molecule has 3 heterocycles. The largest absolute Gasteiger partial charge is 0.385 e. The number of aromatic nitrogens is 1. The van der Waals surface area contributed by atoms with Gasteiger partial charge in [-0.2, -0.15) is 0 Å². The first-order valence-corrected chi connectivity index (χ1v) is 9.16. The van der Waals surface area contributed by atoms with Gasteiger partial charge in [0.1, 0.15) is 5.82 Å². The molecule has 0 aliphatic carbocycles. The fourth-order valence-corrected chi connectivity index (χ4v) is 3.79. The Morgan fingerprint density at radius 2 is 2.00 bits per heavy atom. The van der Waals surface area contributed by atoms with E-state index in [-0.39, 0.29) is 0 Å². The maximum absolute atomic E-state index is 4.56. The Labute approximate surface area is 144 Å². The lowest BCUT2D eigenvalue weighted by Gasteiger charge is -2.20. The average molecular weight is 322 g/mol. The molecular weight excluding hydrogens is 296 g/mol. The molecule has 4 heteroatoms. The molecular formula is C20H26N4. The molecule has 4 rings (SSSR count). The molecule has 1 aromatic carbocycles. The van der Waals surface area contributed by atoms with E-state index in [1.165, 1.54) is 42.5 Å². The molecule has 2 aliphatic heterocycles. The molecule has 1 saturated heterocycles. The van der Waals surface area contributed by atoms with Gasteiger partial charge in [0.2, 0.25) is 0 Å². The van der Waals surface area contributed by atoms with Crippen LogP contribution in [0.15, 0.2) is 42.6 Å². The van der Waals surface area contributed by atoms with E-state index in [4.69, 9.17) is 0 Å². The number of fused-ring (bicyclic) bond motifs is 1. The molecule has 0 amide bonds. The van der Waals surface area contributed by atoms with Crippen LogP contribution in [0.25, 0.3) is 0 Å². The van der Waals surface area contributed by atoms with Crippen LogP contribution in [0, 0.1) is 0 Å². The van der Waals surface area contributed by atoms with E-state index in [0.717, 1.165) is 32.0 Å². The van der Waals surface area contributed by atoms with Gasteiger partial charge in [-0.3, -0.25) is 0 Å². The number of anilines is 2. The number of nitrogens with zero attached hydrogens (tertiary/aromatic N) is 2. The fourth-order valence-electron chi connectivity index (χ4n) is 3.79. The lowest BCUT2D eigenvalue weighted by molar-refractivity contribution is 0.497. The summed E-state index contributed by atoms with van der Waals surface area (Å²) in [6.45, 7) is 4.24. The molecule has 2 N–H and O–H groups in total. The first-order chi connectivity index (χ1) is 11.9. The third-order valence-corrected chi connectivity index (χ3v) is 5.11. The van der Waals surface area contributed by atoms with Gasteiger partial charge in [-0.15, -0.1) is 0 Å². The minimum absolute atomic E-state index is 0.416. The summed E-state index contributed by atoms with van der Waals surface area (Å²) in [4.78, 5) is 6.95. The first kappa shape index (κ1) is 15.5. The Morgan fingerprint density at radius 1 is 1.12 bits per heavy atom. The quantitative estimate of drug-likeness (QED) is 0.900. The Morgan fingerprint density at radius 3 is 2.92 bits per heavy atom. The molecule has 1 aromatic heterocycles. The van der Waals surface area contributed by atoms with E-state index in [0.29, 0.717) is 6.04 Å². The Balaban J connectivity index is 1.46. The van der Waals surface area contributed by atoms with Gasteiger partial charge in [-0.25, -0.2) is 4.98 Å². The van der Waals surface area contributed by atoms with E-state index < -0.39 is 0 Å². The second-order valence-electron chi connectivity index (χ2n) is 6.81. The smallest absolute Gasteiger partial charge is 0.128 e. The van der Waals surface area contributed by atoms with Crippen molar-refractivity contribution in [1.29, 1.82) is 0 Å². The molecule has 2 aliphatic rings. The molecule has 24 heavy (non-hydrogen) atoms. The van der Waals surface area contributed by atoms with Gasteiger partial charge in [0.15, 0.2) is 0 Å². The molecule has 0 saturated carbocycles. The maximum Gasteiger partial charge on any atom is 0.128 e. The normalized spacial score (nSPS) is 20.3. The van der Waals surface area contributed by atoms with Gasteiger partial charge < -0.3 is 15.5 Å². The van der Waals surface area contributed by atoms with Crippen LogP contribution in [-0.4, -0.2) is 24.6 Å². The van der Waals surface area contributed by atoms with Crippen LogP contribution >= 0.6 is 0 Å².